The molecule has 0 radical (unpaired) electrons. The molecule has 0 fully saturated rings. The number of esters is 4. The lowest BCUT2D eigenvalue weighted by Gasteiger charge is -2.21. The first-order chi connectivity index (χ1) is 39.0. The molecule has 480 valence electrons. The minimum absolute atomic E-state index is 0.101. The molecule has 17 nitrogen and oxygen atoms in total. The van der Waals surface area contributed by atoms with Crippen molar-refractivity contribution in [3.63, 3.8) is 0 Å². The summed E-state index contributed by atoms with van der Waals surface area (Å²) in [5.41, 5.74) is 0. The summed E-state index contributed by atoms with van der Waals surface area (Å²) in [6.07, 6.45) is 39.4. The van der Waals surface area contributed by atoms with Crippen molar-refractivity contribution in [2.45, 2.75) is 329 Å². The van der Waals surface area contributed by atoms with Crippen LogP contribution in [0.5, 0.6) is 0 Å². The first-order valence-corrected chi connectivity index (χ1v) is 35.6. The molecule has 81 heavy (non-hydrogen) atoms. The molecule has 0 aliphatic carbocycles. The van der Waals surface area contributed by atoms with E-state index < -0.39 is 97.5 Å². The van der Waals surface area contributed by atoms with Gasteiger partial charge in [0.15, 0.2) is 12.2 Å². The average Bonchev–Trinajstić information content (AvgIpc) is 3.43. The van der Waals surface area contributed by atoms with Crippen LogP contribution in [-0.2, 0) is 65.4 Å². The fourth-order valence-corrected chi connectivity index (χ4v) is 10.8. The van der Waals surface area contributed by atoms with Gasteiger partial charge in [-0.1, -0.05) is 259 Å². The topological polar surface area (TPSA) is 237 Å². The number of carbonyl (C=O) groups is 4. The van der Waals surface area contributed by atoms with Crippen molar-refractivity contribution in [2.75, 3.05) is 39.6 Å². The number of aliphatic hydroxyl groups excluding tert-OH is 1. The maximum absolute atomic E-state index is 13.0. The van der Waals surface area contributed by atoms with Crippen LogP contribution in [0.1, 0.15) is 311 Å². The van der Waals surface area contributed by atoms with Crippen molar-refractivity contribution in [3.8, 4) is 0 Å². The zero-order chi connectivity index (χ0) is 59.9. The fourth-order valence-electron chi connectivity index (χ4n) is 9.23. The summed E-state index contributed by atoms with van der Waals surface area (Å²) in [5, 5.41) is 10.5. The molecule has 19 heteroatoms. The number of aliphatic hydroxyl groups is 1. The number of hydrogen-bond acceptors (Lipinski definition) is 15. The second-order valence-electron chi connectivity index (χ2n) is 22.9. The summed E-state index contributed by atoms with van der Waals surface area (Å²) in [7, 11) is -9.87. The largest absolute Gasteiger partial charge is 0.472 e. The van der Waals surface area contributed by atoms with Crippen LogP contribution >= 0.6 is 15.6 Å². The summed E-state index contributed by atoms with van der Waals surface area (Å²) in [6, 6.07) is 0. The maximum Gasteiger partial charge on any atom is 0.472 e. The second kappa shape index (κ2) is 55.9. The van der Waals surface area contributed by atoms with Crippen molar-refractivity contribution >= 4 is 39.5 Å². The first-order valence-electron chi connectivity index (χ1n) is 32.6. The van der Waals surface area contributed by atoms with Crippen LogP contribution in [0.15, 0.2) is 0 Å². The molecule has 5 atom stereocenters. The van der Waals surface area contributed by atoms with Gasteiger partial charge in [0.25, 0.3) is 0 Å². The highest BCUT2D eigenvalue weighted by Gasteiger charge is 2.30. The summed E-state index contributed by atoms with van der Waals surface area (Å²) in [6.45, 7) is 7.00. The van der Waals surface area contributed by atoms with Gasteiger partial charge in [-0.15, -0.1) is 0 Å². The summed E-state index contributed by atoms with van der Waals surface area (Å²) >= 11 is 0. The highest BCUT2D eigenvalue weighted by molar-refractivity contribution is 7.47. The lowest BCUT2D eigenvalue weighted by Crippen LogP contribution is -2.30. The zero-order valence-electron chi connectivity index (χ0n) is 51.9. The van der Waals surface area contributed by atoms with E-state index in [1.165, 1.54) is 128 Å². The predicted molar refractivity (Wildman–Crippen MR) is 322 cm³/mol. The van der Waals surface area contributed by atoms with Gasteiger partial charge >= 0.3 is 39.5 Å². The van der Waals surface area contributed by atoms with Crippen LogP contribution in [0.3, 0.4) is 0 Å². The summed E-state index contributed by atoms with van der Waals surface area (Å²) < 4.78 is 67.7. The Balaban J connectivity index is 5.17. The molecule has 0 aromatic heterocycles. The molecule has 0 spiro atoms. The normalized spacial score (nSPS) is 14.3. The average molecular weight is 1200 g/mol. The summed E-state index contributed by atoms with van der Waals surface area (Å²) in [4.78, 5) is 71.8. The van der Waals surface area contributed by atoms with Gasteiger partial charge in [-0.3, -0.25) is 37.3 Å². The van der Waals surface area contributed by atoms with Crippen LogP contribution in [0.25, 0.3) is 0 Å². The smallest absolute Gasteiger partial charge is 0.462 e. The molecule has 0 saturated carbocycles. The lowest BCUT2D eigenvalue weighted by molar-refractivity contribution is -0.161. The van der Waals surface area contributed by atoms with Crippen LogP contribution < -0.4 is 0 Å². The first kappa shape index (κ1) is 79.1. The maximum atomic E-state index is 13.0. The van der Waals surface area contributed by atoms with E-state index in [9.17, 15) is 43.2 Å². The predicted octanol–water partition coefficient (Wildman–Crippen LogP) is 17.0. The standard InChI is InChI=1S/C62H120O17P2/c1-6-9-12-15-17-19-21-23-24-25-27-29-31-37-42-47-61(66)78-58(52-73-60(65)46-41-36-30-28-26-22-20-18-16-13-10-7-2)54-77-81(70,71)75-50-56(63)49-74-80(68,69)76-53-57(51-72-59(64)45-40-34-14-11-8-3)79-62(67)48-43-38-33-32-35-39-44-55(4)5/h55-58,63H,6-54H2,1-5H3,(H,68,69)(H,70,71)/t56-,57+,58+/m0/s1. The Labute approximate surface area is 492 Å². The Morgan fingerprint density at radius 2 is 0.568 bits per heavy atom. The molecule has 0 aromatic carbocycles. The quantitative estimate of drug-likeness (QED) is 0.0222. The van der Waals surface area contributed by atoms with E-state index in [1.807, 2.05) is 0 Å². The SMILES string of the molecule is CCCCCCCCCCCCCCCCCC(=O)O[C@H](COC(=O)CCCCCCCCCCCCCC)COP(=O)(O)OC[C@@H](O)COP(=O)(O)OC[C@@H](COC(=O)CCCCCCC)OC(=O)CCCCCCCCC(C)C. The van der Waals surface area contributed by atoms with E-state index in [0.717, 1.165) is 96.3 Å². The third-order valence-electron chi connectivity index (χ3n) is 14.3. The highest BCUT2D eigenvalue weighted by Crippen LogP contribution is 2.45. The number of phosphoric ester groups is 2. The molecule has 0 rings (SSSR count). The number of ether oxygens (including phenoxy) is 4. The molecule has 3 N–H and O–H groups in total. The Morgan fingerprint density at radius 3 is 0.840 bits per heavy atom. The van der Waals surface area contributed by atoms with E-state index in [0.29, 0.717) is 31.6 Å². The van der Waals surface area contributed by atoms with E-state index in [1.54, 1.807) is 0 Å². The molecular formula is C62H120O17P2. The third kappa shape index (κ3) is 56.9. The molecule has 0 heterocycles. The molecule has 0 amide bonds. The van der Waals surface area contributed by atoms with Crippen molar-refractivity contribution in [3.05, 3.63) is 0 Å². The number of carbonyl (C=O) groups excluding carboxylic acids is 4. The Hall–Kier alpha value is -1.94. The summed E-state index contributed by atoms with van der Waals surface area (Å²) in [5.74, 6) is -1.48. The van der Waals surface area contributed by atoms with E-state index >= 15 is 0 Å². The Morgan fingerprint density at radius 1 is 0.333 bits per heavy atom. The minimum Gasteiger partial charge on any atom is -0.462 e. The van der Waals surface area contributed by atoms with Crippen LogP contribution in [0.4, 0.5) is 0 Å². The number of rotatable bonds is 62. The van der Waals surface area contributed by atoms with Gasteiger partial charge in [-0.05, 0) is 31.6 Å². The molecule has 0 bridgehead atoms. The minimum atomic E-state index is -4.94. The molecular weight excluding hydrogens is 1080 g/mol. The van der Waals surface area contributed by atoms with Crippen molar-refractivity contribution in [2.24, 2.45) is 5.92 Å². The van der Waals surface area contributed by atoms with Gasteiger partial charge in [0.2, 0.25) is 0 Å². The zero-order valence-corrected chi connectivity index (χ0v) is 53.7. The number of hydrogen-bond donors (Lipinski definition) is 3. The van der Waals surface area contributed by atoms with Crippen molar-refractivity contribution < 1.29 is 80.2 Å². The second-order valence-corrected chi connectivity index (χ2v) is 25.8. The van der Waals surface area contributed by atoms with Gasteiger partial charge in [0.05, 0.1) is 26.4 Å². The van der Waals surface area contributed by atoms with Gasteiger partial charge in [-0.25, -0.2) is 9.13 Å². The van der Waals surface area contributed by atoms with Gasteiger partial charge < -0.3 is 33.8 Å². The van der Waals surface area contributed by atoms with Crippen LogP contribution in [-0.4, -0.2) is 96.7 Å². The molecule has 0 aliphatic rings. The third-order valence-corrected chi connectivity index (χ3v) is 16.2. The number of unbranched alkanes of at least 4 members (excludes halogenated alkanes) is 34. The molecule has 0 saturated heterocycles. The van der Waals surface area contributed by atoms with Gasteiger partial charge in [0, 0.05) is 25.7 Å². The fraction of sp³-hybridized carbons (Fsp3) is 0.935. The molecule has 2 unspecified atom stereocenters. The monoisotopic (exact) mass is 1200 g/mol. The van der Waals surface area contributed by atoms with Crippen LogP contribution in [0, 0.1) is 5.92 Å². The van der Waals surface area contributed by atoms with Crippen molar-refractivity contribution in [1.29, 1.82) is 0 Å². The van der Waals surface area contributed by atoms with E-state index in [-0.39, 0.29) is 25.7 Å². The number of phosphoric acid groups is 2. The molecule has 0 aliphatic heterocycles. The molecule has 0 aromatic rings. The van der Waals surface area contributed by atoms with Crippen molar-refractivity contribution in [1.82, 2.24) is 0 Å². The van der Waals surface area contributed by atoms with E-state index in [2.05, 4.69) is 34.6 Å². The lowest BCUT2D eigenvalue weighted by atomic mass is 10.0. The highest BCUT2D eigenvalue weighted by atomic mass is 31.2. The Bertz CT molecular complexity index is 1580. The van der Waals surface area contributed by atoms with E-state index in [4.69, 9.17) is 37.0 Å². The Kier molecular flexibility index (Phi) is 54.6. The van der Waals surface area contributed by atoms with Crippen LogP contribution in [0.2, 0.25) is 0 Å². The van der Waals surface area contributed by atoms with Gasteiger partial charge in [-0.2, -0.15) is 0 Å². The van der Waals surface area contributed by atoms with Gasteiger partial charge in [0.1, 0.15) is 19.3 Å².